The van der Waals surface area contributed by atoms with Gasteiger partial charge in [-0.25, -0.2) is 13.1 Å². The number of rotatable bonds is 8. The Bertz CT molecular complexity index is 1050. The Morgan fingerprint density at radius 3 is 2.31 bits per heavy atom. The molecule has 0 saturated carbocycles. The molecule has 29 heavy (non-hydrogen) atoms. The molecule has 0 amide bonds. The number of carbonyl (C=O) groups excluding carboxylic acids is 1. The van der Waals surface area contributed by atoms with Gasteiger partial charge in [-0.3, -0.25) is 4.79 Å². The molecule has 3 rings (SSSR count). The van der Waals surface area contributed by atoms with Crippen LogP contribution in [-0.4, -0.2) is 26.1 Å². The second kappa shape index (κ2) is 9.02. The number of ether oxygens (including phenoxy) is 1. The van der Waals surface area contributed by atoms with Crippen LogP contribution in [0, 0.1) is 13.8 Å². The van der Waals surface area contributed by atoms with Crippen molar-refractivity contribution in [3.8, 4) is 11.1 Å². The van der Waals surface area contributed by atoms with Crippen molar-refractivity contribution in [3.63, 3.8) is 0 Å². The molecule has 2 aromatic carbocycles. The molecule has 0 aliphatic heterocycles. The molecule has 0 unspecified atom stereocenters. The van der Waals surface area contributed by atoms with Gasteiger partial charge in [-0.1, -0.05) is 59.8 Å². The van der Waals surface area contributed by atoms with Crippen molar-refractivity contribution in [2.45, 2.75) is 31.8 Å². The van der Waals surface area contributed by atoms with Crippen LogP contribution >= 0.6 is 0 Å². The Balaban J connectivity index is 1.47. The van der Waals surface area contributed by atoms with Crippen LogP contribution in [0.4, 0.5) is 0 Å². The fraction of sp³-hybridized carbons (Fsp3) is 0.238. The van der Waals surface area contributed by atoms with Crippen LogP contribution in [-0.2, 0) is 26.2 Å². The maximum Gasteiger partial charge on any atom is 0.307 e. The zero-order chi connectivity index (χ0) is 20.9. The van der Waals surface area contributed by atoms with E-state index in [4.69, 9.17) is 9.26 Å². The van der Waals surface area contributed by atoms with Gasteiger partial charge in [0.1, 0.15) is 17.2 Å². The Morgan fingerprint density at radius 2 is 1.69 bits per heavy atom. The predicted molar refractivity (Wildman–Crippen MR) is 107 cm³/mol. The molecule has 0 radical (unpaired) electrons. The van der Waals surface area contributed by atoms with Crippen LogP contribution in [0.3, 0.4) is 0 Å². The first kappa shape index (κ1) is 20.8. The normalized spacial score (nSPS) is 11.4. The summed E-state index contributed by atoms with van der Waals surface area (Å²) in [6, 6.07) is 17.7. The van der Waals surface area contributed by atoms with Crippen molar-refractivity contribution in [1.29, 1.82) is 0 Å². The van der Waals surface area contributed by atoms with Gasteiger partial charge in [0.2, 0.25) is 10.0 Å². The summed E-state index contributed by atoms with van der Waals surface area (Å²) in [4.78, 5) is 11.9. The lowest BCUT2D eigenvalue weighted by Gasteiger charge is -2.08. The molecule has 3 aromatic rings. The van der Waals surface area contributed by atoms with E-state index in [1.165, 1.54) is 6.92 Å². The van der Waals surface area contributed by atoms with Gasteiger partial charge in [0, 0.05) is 6.54 Å². The number of nitrogens with one attached hydrogen (secondary N) is 1. The summed E-state index contributed by atoms with van der Waals surface area (Å²) in [6.45, 7) is 3.12. The number of carbonyl (C=O) groups is 1. The van der Waals surface area contributed by atoms with Gasteiger partial charge in [-0.2, -0.15) is 0 Å². The molecule has 8 heteroatoms. The lowest BCUT2D eigenvalue weighted by atomic mass is 10.0. The number of hydrogen-bond acceptors (Lipinski definition) is 6. The van der Waals surface area contributed by atoms with E-state index in [-0.39, 0.29) is 35.9 Å². The molecule has 0 atom stereocenters. The minimum atomic E-state index is -3.79. The summed E-state index contributed by atoms with van der Waals surface area (Å²) in [5.41, 5.74) is 3.32. The zero-order valence-electron chi connectivity index (χ0n) is 16.2. The van der Waals surface area contributed by atoms with E-state index in [9.17, 15) is 13.2 Å². The topological polar surface area (TPSA) is 98.5 Å². The van der Waals surface area contributed by atoms with Crippen molar-refractivity contribution in [3.05, 3.63) is 71.6 Å². The molecule has 7 nitrogen and oxygen atoms in total. The van der Waals surface area contributed by atoms with E-state index in [1.807, 2.05) is 54.6 Å². The van der Waals surface area contributed by atoms with E-state index in [2.05, 4.69) is 9.88 Å². The molecule has 0 bridgehead atoms. The number of hydrogen-bond donors (Lipinski definition) is 1. The summed E-state index contributed by atoms with van der Waals surface area (Å²) in [7, 11) is -3.79. The highest BCUT2D eigenvalue weighted by Crippen LogP contribution is 2.20. The molecule has 1 aromatic heterocycles. The van der Waals surface area contributed by atoms with Crippen molar-refractivity contribution < 1.29 is 22.5 Å². The Hall–Kier alpha value is -2.97. The summed E-state index contributed by atoms with van der Waals surface area (Å²) in [5.74, 6) is -0.282. The van der Waals surface area contributed by atoms with Crippen LogP contribution in [0.5, 0.6) is 0 Å². The van der Waals surface area contributed by atoms with Gasteiger partial charge in [0.05, 0.1) is 6.42 Å². The van der Waals surface area contributed by atoms with E-state index >= 15 is 0 Å². The summed E-state index contributed by atoms with van der Waals surface area (Å²) < 4.78 is 37.0. The first-order chi connectivity index (χ1) is 13.9. The molecule has 0 aliphatic carbocycles. The molecule has 1 heterocycles. The van der Waals surface area contributed by atoms with Crippen molar-refractivity contribution >= 4 is 16.0 Å². The second-order valence-electron chi connectivity index (χ2n) is 6.52. The average Bonchev–Trinajstić information content (AvgIpc) is 3.06. The molecule has 0 saturated heterocycles. The standard InChI is InChI=1S/C21H22N2O5S/c1-15-21(16(2)28-23-15)29(25,26)22-13-12-20(24)27-14-17-8-10-19(11-9-17)18-6-4-3-5-7-18/h3-11,22H,12-14H2,1-2H3. The number of nitrogens with zero attached hydrogens (tertiary/aromatic N) is 1. The largest absolute Gasteiger partial charge is 0.461 e. The highest BCUT2D eigenvalue weighted by molar-refractivity contribution is 7.89. The van der Waals surface area contributed by atoms with Gasteiger partial charge >= 0.3 is 5.97 Å². The zero-order valence-corrected chi connectivity index (χ0v) is 17.0. The highest BCUT2D eigenvalue weighted by atomic mass is 32.2. The maximum absolute atomic E-state index is 12.3. The van der Waals surface area contributed by atoms with E-state index in [0.29, 0.717) is 0 Å². The molecule has 0 fully saturated rings. The van der Waals surface area contributed by atoms with E-state index < -0.39 is 16.0 Å². The second-order valence-corrected chi connectivity index (χ2v) is 8.23. The highest BCUT2D eigenvalue weighted by Gasteiger charge is 2.23. The number of benzene rings is 2. The van der Waals surface area contributed by atoms with Crippen LogP contribution in [0.25, 0.3) is 11.1 Å². The van der Waals surface area contributed by atoms with Gasteiger partial charge in [0.25, 0.3) is 0 Å². The minimum absolute atomic E-state index is 0.00405. The monoisotopic (exact) mass is 414 g/mol. The smallest absolute Gasteiger partial charge is 0.307 e. The third kappa shape index (κ3) is 5.30. The van der Waals surface area contributed by atoms with Gasteiger partial charge in [-0.15, -0.1) is 0 Å². The molecule has 0 aliphatic rings. The Kier molecular flexibility index (Phi) is 6.46. The van der Waals surface area contributed by atoms with Crippen LogP contribution in [0.15, 0.2) is 64.0 Å². The van der Waals surface area contributed by atoms with Crippen LogP contribution in [0.1, 0.15) is 23.4 Å². The van der Waals surface area contributed by atoms with Gasteiger partial charge < -0.3 is 9.26 Å². The van der Waals surface area contributed by atoms with Crippen molar-refractivity contribution in [1.82, 2.24) is 9.88 Å². The predicted octanol–water partition coefficient (Wildman–Crippen LogP) is 3.37. The molecular formula is C21H22N2O5S. The Morgan fingerprint density at radius 1 is 1.03 bits per heavy atom. The lowest BCUT2D eigenvalue weighted by molar-refractivity contribution is -0.144. The first-order valence-corrected chi connectivity index (χ1v) is 10.6. The number of sulfonamides is 1. The molecule has 152 valence electrons. The van der Waals surface area contributed by atoms with Crippen LogP contribution < -0.4 is 4.72 Å². The first-order valence-electron chi connectivity index (χ1n) is 9.09. The number of esters is 1. The van der Waals surface area contributed by atoms with E-state index in [0.717, 1.165) is 16.7 Å². The molecule has 0 spiro atoms. The fourth-order valence-corrected chi connectivity index (χ4v) is 4.23. The minimum Gasteiger partial charge on any atom is -0.461 e. The SMILES string of the molecule is Cc1noc(C)c1S(=O)(=O)NCCC(=O)OCc1ccc(-c2ccccc2)cc1. The molecule has 1 N–H and O–H groups in total. The van der Waals surface area contributed by atoms with Gasteiger partial charge in [-0.05, 0) is 30.5 Å². The fourth-order valence-electron chi connectivity index (χ4n) is 2.88. The summed E-state index contributed by atoms with van der Waals surface area (Å²) >= 11 is 0. The Labute approximate surface area is 169 Å². The van der Waals surface area contributed by atoms with E-state index in [1.54, 1.807) is 6.92 Å². The summed E-state index contributed by atoms with van der Waals surface area (Å²) in [5, 5.41) is 3.63. The third-order valence-electron chi connectivity index (χ3n) is 4.32. The quantitative estimate of drug-likeness (QED) is 0.568. The number of aromatic nitrogens is 1. The van der Waals surface area contributed by atoms with Crippen molar-refractivity contribution in [2.24, 2.45) is 0 Å². The summed E-state index contributed by atoms with van der Waals surface area (Å²) in [6.07, 6.45) is -0.0787. The average molecular weight is 414 g/mol. The van der Waals surface area contributed by atoms with Crippen LogP contribution in [0.2, 0.25) is 0 Å². The van der Waals surface area contributed by atoms with Crippen molar-refractivity contribution in [2.75, 3.05) is 6.54 Å². The third-order valence-corrected chi connectivity index (χ3v) is 6.02. The molecular weight excluding hydrogens is 392 g/mol. The van der Waals surface area contributed by atoms with Gasteiger partial charge in [0.15, 0.2) is 5.76 Å². The number of aryl methyl sites for hydroxylation is 2. The maximum atomic E-state index is 12.3. The lowest BCUT2D eigenvalue weighted by Crippen LogP contribution is -2.27.